The molecule has 1 N–H and O–H groups in total. The van der Waals surface area contributed by atoms with Crippen LogP contribution in [0.5, 0.6) is 5.75 Å². The van der Waals surface area contributed by atoms with Crippen LogP contribution in [-0.2, 0) is 6.42 Å². The monoisotopic (exact) mass is 194 g/mol. The summed E-state index contributed by atoms with van der Waals surface area (Å²) in [7, 11) is 0. The lowest BCUT2D eigenvalue weighted by Crippen LogP contribution is -2.13. The first-order chi connectivity index (χ1) is 6.74. The van der Waals surface area contributed by atoms with Crippen molar-refractivity contribution < 1.29 is 9.84 Å². The van der Waals surface area contributed by atoms with Gasteiger partial charge in [-0.3, -0.25) is 0 Å². The summed E-state index contributed by atoms with van der Waals surface area (Å²) in [5.74, 6) is 0.898. The van der Waals surface area contributed by atoms with Gasteiger partial charge in [0.2, 0.25) is 0 Å². The molecule has 0 aromatic heterocycles. The Labute approximate surface area is 85.5 Å². The summed E-state index contributed by atoms with van der Waals surface area (Å²) in [6.45, 7) is 4.23. The Hall–Kier alpha value is -1.02. The maximum Gasteiger partial charge on any atom is 0.122 e. The van der Waals surface area contributed by atoms with Crippen molar-refractivity contribution in [3.05, 3.63) is 29.8 Å². The van der Waals surface area contributed by atoms with Crippen molar-refractivity contribution in [3.63, 3.8) is 0 Å². The second-order valence-corrected chi connectivity index (χ2v) is 3.52. The van der Waals surface area contributed by atoms with Crippen molar-refractivity contribution in [3.8, 4) is 5.75 Å². The largest absolute Gasteiger partial charge is 0.491 e. The lowest BCUT2D eigenvalue weighted by molar-refractivity contribution is 0.122. The number of aliphatic hydroxyl groups excluding tert-OH is 1. The predicted octanol–water partition coefficient (Wildman–Crippen LogP) is 2.40. The third kappa shape index (κ3) is 3.38. The zero-order chi connectivity index (χ0) is 10.4. The van der Waals surface area contributed by atoms with Gasteiger partial charge in [-0.2, -0.15) is 0 Å². The van der Waals surface area contributed by atoms with Crippen molar-refractivity contribution in [1.82, 2.24) is 0 Å². The zero-order valence-electron chi connectivity index (χ0n) is 8.86. The maximum absolute atomic E-state index is 9.11. The van der Waals surface area contributed by atoms with Crippen molar-refractivity contribution in [2.45, 2.75) is 32.8 Å². The Bertz CT molecular complexity index is 269. The lowest BCUT2D eigenvalue weighted by atomic mass is 10.1. The molecule has 2 heteroatoms. The number of ether oxygens (including phenoxy) is 1. The molecule has 0 aliphatic carbocycles. The molecule has 14 heavy (non-hydrogen) atoms. The Balaban J connectivity index is 2.64. The molecule has 78 valence electrons. The van der Waals surface area contributed by atoms with Crippen LogP contribution in [0, 0.1) is 0 Å². The lowest BCUT2D eigenvalue weighted by Gasteiger charge is -2.11. The van der Waals surface area contributed by atoms with Crippen LogP contribution in [0.25, 0.3) is 0 Å². The molecule has 0 fully saturated rings. The summed E-state index contributed by atoms with van der Waals surface area (Å²) in [6.07, 6.45) is 1.72. The number of hydrogen-bond donors (Lipinski definition) is 1. The topological polar surface area (TPSA) is 29.5 Å². The average molecular weight is 194 g/mol. The van der Waals surface area contributed by atoms with Gasteiger partial charge in [-0.25, -0.2) is 0 Å². The third-order valence-corrected chi connectivity index (χ3v) is 1.97. The van der Waals surface area contributed by atoms with E-state index in [9.17, 15) is 0 Å². The zero-order valence-corrected chi connectivity index (χ0v) is 8.86. The molecule has 0 radical (unpaired) electrons. The maximum atomic E-state index is 9.11. The second-order valence-electron chi connectivity index (χ2n) is 3.52. The van der Waals surface area contributed by atoms with E-state index in [-0.39, 0.29) is 0 Å². The Morgan fingerprint density at radius 2 is 2.07 bits per heavy atom. The van der Waals surface area contributed by atoms with Gasteiger partial charge >= 0.3 is 0 Å². The third-order valence-electron chi connectivity index (χ3n) is 1.97. The van der Waals surface area contributed by atoms with Crippen LogP contribution < -0.4 is 4.74 Å². The number of aryl methyl sites for hydroxylation is 1. The molecule has 1 aromatic rings. The Kier molecular flexibility index (Phi) is 4.47. The van der Waals surface area contributed by atoms with Crippen molar-refractivity contribution in [1.29, 1.82) is 0 Å². The quantitative estimate of drug-likeness (QED) is 0.780. The smallest absolute Gasteiger partial charge is 0.122 e. The number of para-hydroxylation sites is 1. The summed E-state index contributed by atoms with van der Waals surface area (Å²) in [6, 6.07) is 7.99. The molecule has 1 rings (SSSR count). The van der Waals surface area contributed by atoms with Gasteiger partial charge in [-0.05, 0) is 25.0 Å². The van der Waals surface area contributed by atoms with E-state index < -0.39 is 6.10 Å². The normalized spacial score (nSPS) is 12.5. The minimum absolute atomic E-state index is 0.362. The van der Waals surface area contributed by atoms with E-state index in [1.54, 1.807) is 6.92 Å². The van der Waals surface area contributed by atoms with E-state index >= 15 is 0 Å². The fourth-order valence-corrected chi connectivity index (χ4v) is 1.33. The molecule has 0 aliphatic rings. The van der Waals surface area contributed by atoms with Crippen LogP contribution in [0.2, 0.25) is 0 Å². The molecular formula is C12H18O2. The first-order valence-corrected chi connectivity index (χ1v) is 5.12. The van der Waals surface area contributed by atoms with Gasteiger partial charge in [0.25, 0.3) is 0 Å². The molecule has 1 atom stereocenters. The Morgan fingerprint density at radius 1 is 1.36 bits per heavy atom. The molecule has 0 spiro atoms. The molecule has 0 bridgehead atoms. The van der Waals surface area contributed by atoms with Crippen molar-refractivity contribution in [2.24, 2.45) is 0 Å². The van der Waals surface area contributed by atoms with Gasteiger partial charge in [0.05, 0.1) is 6.10 Å². The standard InChI is InChI=1S/C12H18O2/c1-3-6-11-7-4-5-8-12(11)14-9-10(2)13/h4-5,7-8,10,13H,3,6,9H2,1-2H3. The first-order valence-electron chi connectivity index (χ1n) is 5.12. The van der Waals surface area contributed by atoms with E-state index in [0.29, 0.717) is 6.61 Å². The van der Waals surface area contributed by atoms with Gasteiger partial charge in [0.1, 0.15) is 12.4 Å². The van der Waals surface area contributed by atoms with Crippen LogP contribution in [0.15, 0.2) is 24.3 Å². The van der Waals surface area contributed by atoms with E-state index in [1.807, 2.05) is 18.2 Å². The van der Waals surface area contributed by atoms with Crippen LogP contribution in [0.3, 0.4) is 0 Å². The predicted molar refractivity (Wildman–Crippen MR) is 57.6 cm³/mol. The van der Waals surface area contributed by atoms with Crippen LogP contribution in [0.4, 0.5) is 0 Å². The van der Waals surface area contributed by atoms with E-state index in [2.05, 4.69) is 13.0 Å². The molecule has 0 saturated heterocycles. The SMILES string of the molecule is CCCc1ccccc1OCC(C)O. The van der Waals surface area contributed by atoms with E-state index in [4.69, 9.17) is 9.84 Å². The van der Waals surface area contributed by atoms with Crippen molar-refractivity contribution >= 4 is 0 Å². The molecule has 0 saturated carbocycles. The summed E-state index contributed by atoms with van der Waals surface area (Å²) in [5.41, 5.74) is 1.22. The van der Waals surface area contributed by atoms with Crippen molar-refractivity contribution in [2.75, 3.05) is 6.61 Å². The van der Waals surface area contributed by atoms with Gasteiger partial charge in [-0.1, -0.05) is 31.5 Å². The first kappa shape index (κ1) is 11.1. The summed E-state index contributed by atoms with van der Waals surface area (Å²) in [4.78, 5) is 0. The van der Waals surface area contributed by atoms with Crippen LogP contribution in [0.1, 0.15) is 25.8 Å². The number of hydrogen-bond acceptors (Lipinski definition) is 2. The minimum atomic E-state index is -0.412. The molecule has 1 unspecified atom stereocenters. The number of benzene rings is 1. The second kappa shape index (κ2) is 5.66. The van der Waals surface area contributed by atoms with Gasteiger partial charge in [0.15, 0.2) is 0 Å². The molecule has 0 heterocycles. The highest BCUT2D eigenvalue weighted by atomic mass is 16.5. The van der Waals surface area contributed by atoms with Gasteiger partial charge in [-0.15, -0.1) is 0 Å². The molecule has 0 aliphatic heterocycles. The highest BCUT2D eigenvalue weighted by Crippen LogP contribution is 2.19. The molecule has 1 aromatic carbocycles. The van der Waals surface area contributed by atoms with Crippen LogP contribution in [-0.4, -0.2) is 17.8 Å². The fourth-order valence-electron chi connectivity index (χ4n) is 1.33. The summed E-state index contributed by atoms with van der Waals surface area (Å²) in [5, 5.41) is 9.11. The highest BCUT2D eigenvalue weighted by molar-refractivity contribution is 5.33. The van der Waals surface area contributed by atoms with E-state index in [0.717, 1.165) is 18.6 Å². The van der Waals surface area contributed by atoms with Crippen LogP contribution >= 0.6 is 0 Å². The van der Waals surface area contributed by atoms with E-state index in [1.165, 1.54) is 5.56 Å². The van der Waals surface area contributed by atoms with Gasteiger partial charge < -0.3 is 9.84 Å². The fraction of sp³-hybridized carbons (Fsp3) is 0.500. The summed E-state index contributed by atoms with van der Waals surface area (Å²) >= 11 is 0. The highest BCUT2D eigenvalue weighted by Gasteiger charge is 2.03. The molecule has 0 amide bonds. The molecule has 2 nitrogen and oxygen atoms in total. The van der Waals surface area contributed by atoms with Gasteiger partial charge in [0, 0.05) is 0 Å². The number of aliphatic hydroxyl groups is 1. The Morgan fingerprint density at radius 3 is 2.71 bits per heavy atom. The molecular weight excluding hydrogens is 176 g/mol. The average Bonchev–Trinajstić information content (AvgIpc) is 2.17. The minimum Gasteiger partial charge on any atom is -0.491 e. The number of rotatable bonds is 5. The summed E-state index contributed by atoms with van der Waals surface area (Å²) < 4.78 is 5.50.